The highest BCUT2D eigenvalue weighted by Gasteiger charge is 2.35. The summed E-state index contributed by atoms with van der Waals surface area (Å²) in [6.07, 6.45) is 4.16. The van der Waals surface area contributed by atoms with Crippen LogP contribution in [0.1, 0.15) is 43.2 Å². The maximum atomic E-state index is 9.51. The summed E-state index contributed by atoms with van der Waals surface area (Å²) in [5.74, 6) is 1.14. The van der Waals surface area contributed by atoms with Crippen LogP contribution in [0.15, 0.2) is 97.1 Å². The van der Waals surface area contributed by atoms with Crippen molar-refractivity contribution in [2.75, 3.05) is 0 Å². The molecule has 0 heterocycles. The molecule has 0 aromatic heterocycles. The number of carbonyl (C=O) groups is 1. The van der Waals surface area contributed by atoms with E-state index in [1.807, 2.05) is 48.5 Å². The summed E-state index contributed by atoms with van der Waals surface area (Å²) in [5, 5.41) is 51.2. The number of benzene rings is 4. The predicted octanol–water partition coefficient (Wildman–Crippen LogP) is 7.34. The van der Waals surface area contributed by atoms with Crippen LogP contribution in [0.2, 0.25) is 0 Å². The molecule has 198 valence electrons. The SMILES string of the molecule is O=C(O)O.Oc1ccc(-c2ccc(O)cc2)cc1.Oc1ccc(C2(c3ccc(O)cc3)CCCCC2)cc1. The minimum absolute atomic E-state index is 0.0274. The molecule has 0 amide bonds. The molecule has 0 bridgehead atoms. The van der Waals surface area contributed by atoms with Gasteiger partial charge in [0.25, 0.3) is 0 Å². The Morgan fingerprint density at radius 1 is 0.474 bits per heavy atom. The van der Waals surface area contributed by atoms with E-state index in [0.29, 0.717) is 11.5 Å². The summed E-state index contributed by atoms with van der Waals surface area (Å²) in [7, 11) is 0. The fourth-order valence-corrected chi connectivity index (χ4v) is 4.77. The Labute approximate surface area is 221 Å². The van der Waals surface area contributed by atoms with Gasteiger partial charge < -0.3 is 30.6 Å². The summed E-state index contributed by atoms with van der Waals surface area (Å²) < 4.78 is 0. The third-order valence-electron chi connectivity index (χ3n) is 6.61. The lowest BCUT2D eigenvalue weighted by molar-refractivity contribution is 0.137. The smallest absolute Gasteiger partial charge is 0.503 e. The zero-order chi connectivity index (χ0) is 27.5. The monoisotopic (exact) mass is 516 g/mol. The maximum Gasteiger partial charge on any atom is 0.503 e. The van der Waals surface area contributed by atoms with E-state index in [0.717, 1.165) is 24.0 Å². The second-order valence-corrected chi connectivity index (χ2v) is 9.11. The predicted molar refractivity (Wildman–Crippen MR) is 146 cm³/mol. The highest BCUT2D eigenvalue weighted by Crippen LogP contribution is 2.45. The van der Waals surface area contributed by atoms with E-state index in [1.165, 1.54) is 30.4 Å². The van der Waals surface area contributed by atoms with Crippen molar-refractivity contribution in [3.8, 4) is 34.1 Å². The van der Waals surface area contributed by atoms with Crippen LogP contribution in [-0.2, 0) is 5.41 Å². The summed E-state index contributed by atoms with van der Waals surface area (Å²) in [4.78, 5) is 8.56. The molecule has 1 fully saturated rings. The van der Waals surface area contributed by atoms with Crippen LogP contribution >= 0.6 is 0 Å². The zero-order valence-corrected chi connectivity index (χ0v) is 20.9. The van der Waals surface area contributed by atoms with Crippen molar-refractivity contribution >= 4 is 6.16 Å². The van der Waals surface area contributed by atoms with Crippen molar-refractivity contribution < 1.29 is 35.4 Å². The Morgan fingerprint density at radius 2 is 0.737 bits per heavy atom. The summed E-state index contributed by atoms with van der Waals surface area (Å²) in [6.45, 7) is 0. The average molecular weight is 517 g/mol. The fraction of sp³-hybridized carbons (Fsp3) is 0.194. The van der Waals surface area contributed by atoms with Crippen molar-refractivity contribution in [3.63, 3.8) is 0 Å². The lowest BCUT2D eigenvalue weighted by Gasteiger charge is -2.38. The number of hydrogen-bond acceptors (Lipinski definition) is 5. The Morgan fingerprint density at radius 3 is 1.03 bits per heavy atom. The van der Waals surface area contributed by atoms with E-state index in [-0.39, 0.29) is 16.9 Å². The Bertz CT molecular complexity index is 1180. The number of phenolic OH excluding ortho intramolecular Hbond substituents is 4. The summed E-state index contributed by atoms with van der Waals surface area (Å²) in [5.41, 5.74) is 4.59. The summed E-state index contributed by atoms with van der Waals surface area (Å²) in [6, 6.07) is 29.1. The van der Waals surface area contributed by atoms with Crippen molar-refractivity contribution in [3.05, 3.63) is 108 Å². The third kappa shape index (κ3) is 7.67. The minimum atomic E-state index is -1.83. The van der Waals surface area contributed by atoms with E-state index < -0.39 is 6.16 Å². The van der Waals surface area contributed by atoms with Gasteiger partial charge in [0.05, 0.1) is 0 Å². The van der Waals surface area contributed by atoms with Crippen molar-refractivity contribution in [2.45, 2.75) is 37.5 Å². The molecule has 6 N–H and O–H groups in total. The summed E-state index contributed by atoms with van der Waals surface area (Å²) >= 11 is 0. The molecule has 4 aromatic rings. The van der Waals surface area contributed by atoms with Gasteiger partial charge >= 0.3 is 6.16 Å². The van der Waals surface area contributed by atoms with Gasteiger partial charge in [-0.15, -0.1) is 0 Å². The molecule has 0 unspecified atom stereocenters. The van der Waals surface area contributed by atoms with Gasteiger partial charge in [0, 0.05) is 5.41 Å². The van der Waals surface area contributed by atoms with Crippen LogP contribution < -0.4 is 0 Å². The first-order valence-corrected chi connectivity index (χ1v) is 12.3. The van der Waals surface area contributed by atoms with Crippen LogP contribution in [0.5, 0.6) is 23.0 Å². The Hall–Kier alpha value is -4.65. The van der Waals surface area contributed by atoms with E-state index in [4.69, 9.17) is 25.2 Å². The largest absolute Gasteiger partial charge is 0.508 e. The molecule has 1 saturated carbocycles. The first kappa shape index (κ1) is 27.9. The van der Waals surface area contributed by atoms with Gasteiger partial charge in [-0.05, 0) is 83.6 Å². The van der Waals surface area contributed by atoms with Crippen molar-refractivity contribution in [2.24, 2.45) is 0 Å². The highest BCUT2D eigenvalue weighted by molar-refractivity contribution is 5.64. The molecular weight excluding hydrogens is 484 g/mol. The lowest BCUT2D eigenvalue weighted by Crippen LogP contribution is -2.30. The second kappa shape index (κ2) is 13.1. The second-order valence-electron chi connectivity index (χ2n) is 9.11. The van der Waals surface area contributed by atoms with E-state index in [1.54, 1.807) is 48.5 Å². The quantitative estimate of drug-likeness (QED) is 0.167. The van der Waals surface area contributed by atoms with Crippen LogP contribution in [0.3, 0.4) is 0 Å². The van der Waals surface area contributed by atoms with Gasteiger partial charge in [-0.1, -0.05) is 67.8 Å². The maximum absolute atomic E-state index is 9.51. The Balaban J connectivity index is 0.000000194. The molecule has 7 heteroatoms. The topological polar surface area (TPSA) is 138 Å². The molecule has 1 aliphatic rings. The molecule has 0 atom stereocenters. The van der Waals surface area contributed by atoms with Gasteiger partial charge in [0.15, 0.2) is 0 Å². The minimum Gasteiger partial charge on any atom is -0.508 e. The molecule has 1 aliphatic carbocycles. The zero-order valence-electron chi connectivity index (χ0n) is 20.9. The van der Waals surface area contributed by atoms with Crippen LogP contribution in [0, 0.1) is 0 Å². The fourth-order valence-electron chi connectivity index (χ4n) is 4.77. The number of rotatable bonds is 3. The molecule has 5 rings (SSSR count). The standard InChI is InChI=1S/C18H20O2.C12H10O2.CH2O3/c19-16-8-4-14(5-9-16)18(12-2-1-3-13-18)15-6-10-17(20)11-7-15;13-11-5-1-9(2-6-11)10-3-7-12(14)8-4-10;2-1(3)4/h4-11,19-20H,1-3,12-13H2;1-8,13-14H;(H2,2,3,4). The van der Waals surface area contributed by atoms with Crippen molar-refractivity contribution in [1.82, 2.24) is 0 Å². The molecule has 7 nitrogen and oxygen atoms in total. The van der Waals surface area contributed by atoms with E-state index in [9.17, 15) is 10.2 Å². The van der Waals surface area contributed by atoms with Crippen LogP contribution in [0.4, 0.5) is 4.79 Å². The molecule has 0 radical (unpaired) electrons. The van der Waals surface area contributed by atoms with Crippen LogP contribution in [-0.4, -0.2) is 36.8 Å². The van der Waals surface area contributed by atoms with E-state index in [2.05, 4.69) is 0 Å². The van der Waals surface area contributed by atoms with Gasteiger partial charge in [0.1, 0.15) is 23.0 Å². The van der Waals surface area contributed by atoms with Crippen LogP contribution in [0.25, 0.3) is 11.1 Å². The third-order valence-corrected chi connectivity index (χ3v) is 6.61. The Kier molecular flexibility index (Phi) is 9.60. The number of aromatic hydroxyl groups is 4. The lowest BCUT2D eigenvalue weighted by atomic mass is 9.65. The molecule has 4 aromatic carbocycles. The van der Waals surface area contributed by atoms with Gasteiger partial charge in [-0.2, -0.15) is 0 Å². The molecular formula is C31H32O7. The molecule has 38 heavy (non-hydrogen) atoms. The first-order valence-electron chi connectivity index (χ1n) is 12.3. The van der Waals surface area contributed by atoms with E-state index >= 15 is 0 Å². The number of carboxylic acid groups (broad SMARTS) is 2. The molecule has 0 spiro atoms. The average Bonchev–Trinajstić information content (AvgIpc) is 2.91. The first-order chi connectivity index (χ1) is 18.2. The van der Waals surface area contributed by atoms with Gasteiger partial charge in [-0.3, -0.25) is 0 Å². The van der Waals surface area contributed by atoms with Gasteiger partial charge in [-0.25, -0.2) is 4.79 Å². The molecule has 0 aliphatic heterocycles. The highest BCUT2D eigenvalue weighted by atomic mass is 16.6. The normalized spacial score (nSPS) is 13.7. The number of phenols is 4. The van der Waals surface area contributed by atoms with Crippen molar-refractivity contribution in [1.29, 1.82) is 0 Å². The number of hydrogen-bond donors (Lipinski definition) is 6. The van der Waals surface area contributed by atoms with Gasteiger partial charge in [0.2, 0.25) is 0 Å². The molecule has 0 saturated heterocycles.